The van der Waals surface area contributed by atoms with E-state index in [2.05, 4.69) is 34.8 Å². The van der Waals surface area contributed by atoms with E-state index in [9.17, 15) is 4.79 Å². The summed E-state index contributed by atoms with van der Waals surface area (Å²) < 4.78 is 0. The van der Waals surface area contributed by atoms with Crippen molar-refractivity contribution in [1.29, 1.82) is 0 Å². The van der Waals surface area contributed by atoms with Gasteiger partial charge >= 0.3 is 5.97 Å². The van der Waals surface area contributed by atoms with Crippen LogP contribution in [0.3, 0.4) is 0 Å². The molecule has 0 aromatic heterocycles. The summed E-state index contributed by atoms with van der Waals surface area (Å²) in [7, 11) is 0. The maximum Gasteiger partial charge on any atom is 0.335 e. The molecular weight excluding hydrogens is 288 g/mol. The summed E-state index contributed by atoms with van der Waals surface area (Å²) >= 11 is 0. The van der Waals surface area contributed by atoms with E-state index >= 15 is 0 Å². The first-order valence-electron chi connectivity index (χ1n) is 7.26. The molecule has 0 heterocycles. The van der Waals surface area contributed by atoms with E-state index in [1.807, 2.05) is 25.1 Å². The van der Waals surface area contributed by atoms with Crippen molar-refractivity contribution in [3.05, 3.63) is 77.9 Å². The van der Waals surface area contributed by atoms with Gasteiger partial charge in [0, 0.05) is 0 Å². The number of carbonyl (C=O) groups is 1. The molecule has 4 nitrogen and oxygen atoms in total. The number of carboxylic acids is 1. The highest BCUT2D eigenvalue weighted by Gasteiger charge is 2.03. The molecule has 0 radical (unpaired) electrons. The molecule has 0 saturated carbocycles. The van der Waals surface area contributed by atoms with Crippen LogP contribution in [0.5, 0.6) is 0 Å². The smallest absolute Gasteiger partial charge is 0.335 e. The van der Waals surface area contributed by atoms with Gasteiger partial charge in [0.25, 0.3) is 0 Å². The van der Waals surface area contributed by atoms with E-state index < -0.39 is 5.97 Å². The molecule has 3 rings (SSSR count). The number of fused-ring (bicyclic) bond motifs is 1. The Kier molecular flexibility index (Phi) is 4.06. The number of carboxylic acid groups (broad SMARTS) is 1. The van der Waals surface area contributed by atoms with Crippen LogP contribution in [0.25, 0.3) is 10.8 Å². The van der Waals surface area contributed by atoms with Crippen LogP contribution in [0.2, 0.25) is 0 Å². The Morgan fingerprint density at radius 3 is 2.48 bits per heavy atom. The number of hydrogen-bond donors (Lipinski definition) is 2. The molecule has 0 aliphatic rings. The van der Waals surface area contributed by atoms with Gasteiger partial charge in [0.2, 0.25) is 0 Å². The van der Waals surface area contributed by atoms with Gasteiger partial charge < -0.3 is 5.11 Å². The highest BCUT2D eigenvalue weighted by Crippen LogP contribution is 2.17. The number of nitrogens with zero attached hydrogens (tertiary/aromatic N) is 1. The summed E-state index contributed by atoms with van der Waals surface area (Å²) in [6.45, 7) is 1.91. The molecule has 0 aliphatic carbocycles. The number of hydrogen-bond acceptors (Lipinski definition) is 3. The van der Waals surface area contributed by atoms with Crippen molar-refractivity contribution >= 4 is 28.1 Å². The maximum atomic E-state index is 11.0. The van der Waals surface area contributed by atoms with E-state index in [1.54, 1.807) is 24.3 Å². The zero-order valence-electron chi connectivity index (χ0n) is 12.7. The SMILES string of the molecule is C/C(=N\Nc1cccc(C(=O)O)c1)c1ccc2ccccc2c1. The third-order valence-electron chi connectivity index (χ3n) is 3.63. The first kappa shape index (κ1) is 14.8. The van der Waals surface area contributed by atoms with Crippen molar-refractivity contribution in [2.45, 2.75) is 6.92 Å². The second-order valence-corrected chi connectivity index (χ2v) is 5.26. The summed E-state index contributed by atoms with van der Waals surface area (Å²) in [6, 6.07) is 20.9. The summed E-state index contributed by atoms with van der Waals surface area (Å²) in [4.78, 5) is 11.0. The van der Waals surface area contributed by atoms with Gasteiger partial charge in [-0.05, 0) is 47.5 Å². The zero-order chi connectivity index (χ0) is 16.2. The van der Waals surface area contributed by atoms with Crippen molar-refractivity contribution in [3.8, 4) is 0 Å². The van der Waals surface area contributed by atoms with Crippen LogP contribution in [-0.4, -0.2) is 16.8 Å². The van der Waals surface area contributed by atoms with E-state index in [4.69, 9.17) is 5.11 Å². The number of anilines is 1. The average Bonchev–Trinajstić information content (AvgIpc) is 2.59. The average molecular weight is 304 g/mol. The highest BCUT2D eigenvalue weighted by molar-refractivity contribution is 6.02. The lowest BCUT2D eigenvalue weighted by Gasteiger charge is -2.06. The van der Waals surface area contributed by atoms with Crippen LogP contribution in [0.4, 0.5) is 5.69 Å². The fraction of sp³-hybridized carbons (Fsp3) is 0.0526. The minimum atomic E-state index is -0.955. The quantitative estimate of drug-likeness (QED) is 0.555. The van der Waals surface area contributed by atoms with Gasteiger partial charge in [-0.15, -0.1) is 0 Å². The van der Waals surface area contributed by atoms with E-state index in [0.717, 1.165) is 16.7 Å². The maximum absolute atomic E-state index is 11.0. The van der Waals surface area contributed by atoms with Crippen LogP contribution >= 0.6 is 0 Å². The summed E-state index contributed by atoms with van der Waals surface area (Å²) in [5.41, 5.74) is 5.63. The Balaban J connectivity index is 1.83. The predicted octanol–water partition coefficient (Wildman–Crippen LogP) is 4.37. The summed E-state index contributed by atoms with van der Waals surface area (Å²) in [5.74, 6) is -0.955. The minimum Gasteiger partial charge on any atom is -0.478 e. The van der Waals surface area contributed by atoms with Gasteiger partial charge in [-0.1, -0.05) is 42.5 Å². The van der Waals surface area contributed by atoms with E-state index in [-0.39, 0.29) is 5.56 Å². The van der Waals surface area contributed by atoms with Crippen LogP contribution in [0.15, 0.2) is 71.8 Å². The molecule has 0 spiro atoms. The van der Waals surface area contributed by atoms with Crippen LogP contribution < -0.4 is 5.43 Å². The molecule has 4 heteroatoms. The zero-order valence-corrected chi connectivity index (χ0v) is 12.7. The lowest BCUT2D eigenvalue weighted by atomic mass is 10.0. The number of rotatable bonds is 4. The van der Waals surface area contributed by atoms with Gasteiger partial charge in [0.05, 0.1) is 17.0 Å². The van der Waals surface area contributed by atoms with Crippen molar-refractivity contribution in [1.82, 2.24) is 0 Å². The van der Waals surface area contributed by atoms with Crippen molar-refractivity contribution < 1.29 is 9.90 Å². The number of aromatic carboxylic acids is 1. The molecule has 23 heavy (non-hydrogen) atoms. The third-order valence-corrected chi connectivity index (χ3v) is 3.63. The molecule has 2 N–H and O–H groups in total. The summed E-state index contributed by atoms with van der Waals surface area (Å²) in [6.07, 6.45) is 0. The topological polar surface area (TPSA) is 61.7 Å². The Bertz CT molecular complexity index is 901. The molecule has 0 aliphatic heterocycles. The molecule has 0 atom stereocenters. The predicted molar refractivity (Wildman–Crippen MR) is 93.2 cm³/mol. The molecule has 0 fully saturated rings. The second kappa shape index (κ2) is 6.32. The van der Waals surface area contributed by atoms with Crippen molar-refractivity contribution in [2.75, 3.05) is 5.43 Å². The van der Waals surface area contributed by atoms with Gasteiger partial charge in [-0.3, -0.25) is 5.43 Å². The lowest BCUT2D eigenvalue weighted by molar-refractivity contribution is 0.0697. The van der Waals surface area contributed by atoms with Crippen molar-refractivity contribution in [3.63, 3.8) is 0 Å². The Hall–Kier alpha value is -3.14. The Morgan fingerprint density at radius 1 is 0.913 bits per heavy atom. The fourth-order valence-corrected chi connectivity index (χ4v) is 2.35. The molecule has 3 aromatic carbocycles. The van der Waals surface area contributed by atoms with Crippen molar-refractivity contribution in [2.24, 2.45) is 5.10 Å². The Morgan fingerprint density at radius 2 is 1.70 bits per heavy atom. The van der Waals surface area contributed by atoms with Crippen LogP contribution in [0, 0.1) is 0 Å². The molecular formula is C19H16N2O2. The van der Waals surface area contributed by atoms with Gasteiger partial charge in [0.1, 0.15) is 0 Å². The van der Waals surface area contributed by atoms with Gasteiger partial charge in [0.15, 0.2) is 0 Å². The van der Waals surface area contributed by atoms with E-state index in [1.165, 1.54) is 5.39 Å². The lowest BCUT2D eigenvalue weighted by Crippen LogP contribution is -2.01. The van der Waals surface area contributed by atoms with Crippen LogP contribution in [-0.2, 0) is 0 Å². The number of nitrogens with one attached hydrogen (secondary N) is 1. The highest BCUT2D eigenvalue weighted by atomic mass is 16.4. The molecule has 0 bridgehead atoms. The molecule has 114 valence electrons. The minimum absolute atomic E-state index is 0.230. The Labute approximate surface area is 134 Å². The first-order valence-corrected chi connectivity index (χ1v) is 7.26. The van der Waals surface area contributed by atoms with Gasteiger partial charge in [-0.25, -0.2) is 4.79 Å². The monoisotopic (exact) mass is 304 g/mol. The third kappa shape index (κ3) is 3.37. The van der Waals surface area contributed by atoms with E-state index in [0.29, 0.717) is 5.69 Å². The molecule has 0 unspecified atom stereocenters. The molecule has 0 saturated heterocycles. The van der Waals surface area contributed by atoms with Gasteiger partial charge in [-0.2, -0.15) is 5.10 Å². The molecule has 3 aromatic rings. The van der Waals surface area contributed by atoms with Crippen LogP contribution in [0.1, 0.15) is 22.8 Å². The first-order chi connectivity index (χ1) is 11.1. The standard InChI is InChI=1S/C19H16N2O2/c1-13(15-10-9-14-5-2-3-6-16(14)11-15)20-21-18-8-4-7-17(12-18)19(22)23/h2-12,21H,1H3,(H,22,23)/b20-13+. The fourth-order valence-electron chi connectivity index (χ4n) is 2.35. The largest absolute Gasteiger partial charge is 0.478 e. The molecule has 0 amide bonds. The number of benzene rings is 3. The number of hydrazone groups is 1. The summed E-state index contributed by atoms with van der Waals surface area (Å²) in [5, 5.41) is 15.7. The second-order valence-electron chi connectivity index (χ2n) is 5.26. The normalized spacial score (nSPS) is 11.4.